The van der Waals surface area contributed by atoms with Gasteiger partial charge in [0.1, 0.15) is 6.10 Å². The van der Waals surface area contributed by atoms with Crippen molar-refractivity contribution in [2.45, 2.75) is 37.8 Å². The molecule has 106 valence electrons. The number of hydrogen-bond acceptors (Lipinski definition) is 5. The molecule has 1 aromatic heterocycles. The molecule has 0 aromatic carbocycles. The molecule has 0 aliphatic heterocycles. The van der Waals surface area contributed by atoms with E-state index >= 15 is 0 Å². The van der Waals surface area contributed by atoms with E-state index in [0.717, 1.165) is 18.6 Å². The highest BCUT2D eigenvalue weighted by molar-refractivity contribution is 7.88. The number of ether oxygens (including phenoxy) is 1. The molecule has 19 heavy (non-hydrogen) atoms. The minimum absolute atomic E-state index is 0.0380. The highest BCUT2D eigenvalue weighted by atomic mass is 32.2. The SMILES string of the molecule is CS(=O)(=O)NC1CCC(Oc2ncc(F)cn2)CC1. The van der Waals surface area contributed by atoms with Crippen LogP contribution in [0.5, 0.6) is 6.01 Å². The van der Waals surface area contributed by atoms with Gasteiger partial charge in [0.25, 0.3) is 0 Å². The summed E-state index contributed by atoms with van der Waals surface area (Å²) in [7, 11) is -3.16. The third kappa shape index (κ3) is 4.71. The van der Waals surface area contributed by atoms with Gasteiger partial charge >= 0.3 is 6.01 Å². The molecule has 0 unspecified atom stereocenters. The van der Waals surface area contributed by atoms with Crippen molar-refractivity contribution in [3.63, 3.8) is 0 Å². The molecule has 1 aliphatic carbocycles. The van der Waals surface area contributed by atoms with E-state index in [0.29, 0.717) is 25.7 Å². The molecule has 1 aliphatic rings. The number of aromatic nitrogens is 2. The average molecular weight is 289 g/mol. The summed E-state index contributed by atoms with van der Waals surface area (Å²) in [6.45, 7) is 0. The molecule has 1 aromatic rings. The first kappa shape index (κ1) is 14.1. The van der Waals surface area contributed by atoms with Crippen LogP contribution in [0.2, 0.25) is 0 Å². The van der Waals surface area contributed by atoms with Gasteiger partial charge in [0.15, 0.2) is 5.82 Å². The first-order chi connectivity index (χ1) is 8.92. The molecule has 0 radical (unpaired) electrons. The zero-order chi connectivity index (χ0) is 13.9. The maximum absolute atomic E-state index is 12.6. The standard InChI is InChI=1S/C11H16FN3O3S/c1-19(16,17)15-9-2-4-10(5-3-9)18-11-13-6-8(12)7-14-11/h6-7,9-10,15H,2-5H2,1H3. The van der Waals surface area contributed by atoms with E-state index < -0.39 is 15.8 Å². The molecular weight excluding hydrogens is 273 g/mol. The number of halogens is 1. The van der Waals surface area contributed by atoms with Crippen molar-refractivity contribution in [1.82, 2.24) is 14.7 Å². The highest BCUT2D eigenvalue weighted by Gasteiger charge is 2.24. The van der Waals surface area contributed by atoms with Gasteiger partial charge in [-0.25, -0.2) is 27.5 Å². The maximum Gasteiger partial charge on any atom is 0.316 e. The van der Waals surface area contributed by atoms with Gasteiger partial charge in [-0.1, -0.05) is 0 Å². The van der Waals surface area contributed by atoms with Crippen LogP contribution in [0.15, 0.2) is 12.4 Å². The zero-order valence-corrected chi connectivity index (χ0v) is 11.4. The highest BCUT2D eigenvalue weighted by Crippen LogP contribution is 2.22. The van der Waals surface area contributed by atoms with Crippen LogP contribution in [-0.2, 0) is 10.0 Å². The largest absolute Gasteiger partial charge is 0.460 e. The fourth-order valence-corrected chi connectivity index (χ4v) is 2.95. The van der Waals surface area contributed by atoms with Crippen LogP contribution in [0, 0.1) is 5.82 Å². The van der Waals surface area contributed by atoms with Gasteiger partial charge in [0.2, 0.25) is 10.0 Å². The summed E-state index contributed by atoms with van der Waals surface area (Å²) in [5.74, 6) is -0.506. The van der Waals surface area contributed by atoms with Gasteiger partial charge < -0.3 is 4.74 Å². The van der Waals surface area contributed by atoms with Gasteiger partial charge in [-0.05, 0) is 25.7 Å². The van der Waals surface area contributed by atoms with E-state index in [1.54, 1.807) is 0 Å². The predicted octanol–water partition coefficient (Wildman–Crippen LogP) is 0.855. The molecule has 1 N–H and O–H groups in total. The topological polar surface area (TPSA) is 81.2 Å². The molecule has 6 nitrogen and oxygen atoms in total. The smallest absolute Gasteiger partial charge is 0.316 e. The van der Waals surface area contributed by atoms with Crippen molar-refractivity contribution in [3.8, 4) is 6.01 Å². The Morgan fingerprint density at radius 1 is 1.26 bits per heavy atom. The molecular formula is C11H16FN3O3S. The van der Waals surface area contributed by atoms with Crippen LogP contribution >= 0.6 is 0 Å². The van der Waals surface area contributed by atoms with Gasteiger partial charge in [0, 0.05) is 6.04 Å². The molecule has 0 spiro atoms. The minimum Gasteiger partial charge on any atom is -0.460 e. The summed E-state index contributed by atoms with van der Waals surface area (Å²) in [4.78, 5) is 7.46. The predicted molar refractivity (Wildman–Crippen MR) is 66.6 cm³/mol. The summed E-state index contributed by atoms with van der Waals surface area (Å²) < 4.78 is 42.9. The van der Waals surface area contributed by atoms with Gasteiger partial charge in [-0.2, -0.15) is 0 Å². The van der Waals surface area contributed by atoms with Crippen molar-refractivity contribution < 1.29 is 17.5 Å². The Bertz CT molecular complexity index is 512. The monoisotopic (exact) mass is 289 g/mol. The summed E-state index contributed by atoms with van der Waals surface area (Å²) in [6.07, 6.45) is 6.06. The van der Waals surface area contributed by atoms with Gasteiger partial charge in [-0.15, -0.1) is 0 Å². The number of rotatable bonds is 4. The van der Waals surface area contributed by atoms with Crippen molar-refractivity contribution in [1.29, 1.82) is 0 Å². The van der Waals surface area contributed by atoms with Crippen LogP contribution in [-0.4, -0.2) is 36.8 Å². The van der Waals surface area contributed by atoms with E-state index in [9.17, 15) is 12.8 Å². The second-order valence-electron chi connectivity index (χ2n) is 4.67. The third-order valence-corrected chi connectivity index (χ3v) is 3.69. The van der Waals surface area contributed by atoms with Crippen molar-refractivity contribution in [2.24, 2.45) is 0 Å². The van der Waals surface area contributed by atoms with E-state index in [1.165, 1.54) is 0 Å². The second-order valence-corrected chi connectivity index (χ2v) is 6.45. The van der Waals surface area contributed by atoms with E-state index in [-0.39, 0.29) is 18.2 Å². The Hall–Kier alpha value is -1.28. The molecule has 0 atom stereocenters. The van der Waals surface area contributed by atoms with E-state index in [2.05, 4.69) is 14.7 Å². The number of hydrogen-bond donors (Lipinski definition) is 1. The Labute approximate surface area is 111 Å². The third-order valence-electron chi connectivity index (χ3n) is 2.92. The number of nitrogens with zero attached hydrogens (tertiary/aromatic N) is 2. The van der Waals surface area contributed by atoms with Crippen LogP contribution in [0.25, 0.3) is 0 Å². The second kappa shape index (κ2) is 5.79. The molecule has 1 fully saturated rings. The summed E-state index contributed by atoms with van der Waals surface area (Å²) in [6, 6.07) is 0.116. The lowest BCUT2D eigenvalue weighted by Gasteiger charge is -2.28. The zero-order valence-electron chi connectivity index (χ0n) is 10.5. The van der Waals surface area contributed by atoms with Crippen LogP contribution < -0.4 is 9.46 Å². The molecule has 2 rings (SSSR count). The Balaban J connectivity index is 1.82. The number of nitrogens with one attached hydrogen (secondary N) is 1. The molecule has 8 heteroatoms. The Morgan fingerprint density at radius 2 is 1.84 bits per heavy atom. The molecule has 0 amide bonds. The Kier molecular flexibility index (Phi) is 4.31. The summed E-state index contributed by atoms with van der Waals surface area (Å²) in [5.41, 5.74) is 0. The maximum atomic E-state index is 12.6. The van der Waals surface area contributed by atoms with Crippen LogP contribution in [0.4, 0.5) is 4.39 Å². The quantitative estimate of drug-likeness (QED) is 0.889. The van der Waals surface area contributed by atoms with E-state index in [1.807, 2.05) is 0 Å². The molecule has 0 bridgehead atoms. The fraction of sp³-hybridized carbons (Fsp3) is 0.636. The van der Waals surface area contributed by atoms with Crippen molar-refractivity contribution in [2.75, 3.05) is 6.26 Å². The van der Waals surface area contributed by atoms with Gasteiger partial charge in [-0.3, -0.25) is 0 Å². The Morgan fingerprint density at radius 3 is 2.37 bits per heavy atom. The van der Waals surface area contributed by atoms with E-state index in [4.69, 9.17) is 4.74 Å². The van der Waals surface area contributed by atoms with Crippen LogP contribution in [0.1, 0.15) is 25.7 Å². The summed E-state index contributed by atoms with van der Waals surface area (Å²) in [5, 5.41) is 0. The average Bonchev–Trinajstić information content (AvgIpc) is 2.33. The fourth-order valence-electron chi connectivity index (χ4n) is 2.11. The lowest BCUT2D eigenvalue weighted by Crippen LogP contribution is -2.39. The lowest BCUT2D eigenvalue weighted by molar-refractivity contribution is 0.132. The minimum atomic E-state index is -3.16. The molecule has 0 saturated heterocycles. The number of sulfonamides is 1. The van der Waals surface area contributed by atoms with Crippen molar-refractivity contribution >= 4 is 10.0 Å². The first-order valence-corrected chi connectivity index (χ1v) is 7.93. The first-order valence-electron chi connectivity index (χ1n) is 6.04. The molecule has 1 saturated carbocycles. The van der Waals surface area contributed by atoms with Crippen LogP contribution in [0.3, 0.4) is 0 Å². The van der Waals surface area contributed by atoms with Gasteiger partial charge in [0.05, 0.1) is 18.6 Å². The summed E-state index contributed by atoms with van der Waals surface area (Å²) >= 11 is 0. The molecule has 1 heterocycles. The van der Waals surface area contributed by atoms with Crippen molar-refractivity contribution in [3.05, 3.63) is 18.2 Å². The lowest BCUT2D eigenvalue weighted by atomic mass is 9.94. The normalized spacial score (nSPS) is 24.1.